The van der Waals surface area contributed by atoms with Crippen molar-refractivity contribution in [2.75, 3.05) is 13.2 Å². The van der Waals surface area contributed by atoms with E-state index in [2.05, 4.69) is 11.0 Å². The number of hydrogen-bond donors (Lipinski definition) is 1. The summed E-state index contributed by atoms with van der Waals surface area (Å²) in [5, 5.41) is 10.0. The number of fused-ring (bicyclic) bond motifs is 1. The first-order valence-electron chi connectivity index (χ1n) is 9.82. The number of carboxylic acid groups (broad SMARTS) is 1. The van der Waals surface area contributed by atoms with Crippen LogP contribution in [0.25, 0.3) is 0 Å². The Hall–Kier alpha value is -3.28. The topological polar surface area (TPSA) is 70.1 Å². The highest BCUT2D eigenvalue weighted by Crippen LogP contribution is 2.52. The molecule has 1 aromatic rings. The van der Waals surface area contributed by atoms with Gasteiger partial charge in [0.25, 0.3) is 0 Å². The highest BCUT2D eigenvalue weighted by Gasteiger charge is 2.62. The van der Waals surface area contributed by atoms with E-state index in [1.54, 1.807) is 6.92 Å². The molecule has 2 heterocycles. The molecular weight excluding hydrogens is 368 g/mol. The number of nitrogens with zero attached hydrogens (tertiary/aromatic N) is 2. The number of rotatable bonds is 5. The SMILES string of the molecule is CCOC(=O)CC1CN(C(=O)O)C1(c1ccccc1)N1C=CC=C2C=CC=CC21. The predicted octanol–water partition coefficient (Wildman–Crippen LogP) is 3.65. The van der Waals surface area contributed by atoms with E-state index in [-0.39, 0.29) is 30.9 Å². The number of hydrogen-bond acceptors (Lipinski definition) is 4. The number of likely N-dealkylation sites (tertiary alicyclic amines) is 1. The molecule has 0 radical (unpaired) electrons. The molecule has 1 N–H and O–H groups in total. The Labute approximate surface area is 170 Å². The van der Waals surface area contributed by atoms with E-state index in [1.165, 1.54) is 4.90 Å². The number of carbonyl (C=O) groups excluding carboxylic acids is 1. The van der Waals surface area contributed by atoms with Gasteiger partial charge < -0.3 is 14.7 Å². The van der Waals surface area contributed by atoms with Gasteiger partial charge in [0, 0.05) is 18.7 Å². The molecule has 6 heteroatoms. The molecule has 1 aliphatic carbocycles. The molecule has 1 aromatic carbocycles. The number of amides is 1. The van der Waals surface area contributed by atoms with Gasteiger partial charge in [-0.1, -0.05) is 60.7 Å². The van der Waals surface area contributed by atoms with Gasteiger partial charge in [-0.25, -0.2) is 4.79 Å². The van der Waals surface area contributed by atoms with Crippen LogP contribution in [0.5, 0.6) is 0 Å². The molecule has 1 amide bonds. The molecule has 0 spiro atoms. The van der Waals surface area contributed by atoms with Crippen molar-refractivity contribution in [3.05, 3.63) is 84.1 Å². The lowest BCUT2D eigenvalue weighted by molar-refractivity contribution is -0.176. The molecule has 0 saturated carbocycles. The number of allylic oxidation sites excluding steroid dienone is 4. The van der Waals surface area contributed by atoms with Gasteiger partial charge in [0.05, 0.1) is 19.1 Å². The van der Waals surface area contributed by atoms with E-state index in [4.69, 9.17) is 4.74 Å². The van der Waals surface area contributed by atoms with Crippen LogP contribution in [0, 0.1) is 5.92 Å². The Bertz CT molecular complexity index is 918. The summed E-state index contributed by atoms with van der Waals surface area (Å²) in [6, 6.07) is 9.46. The third-order valence-electron chi connectivity index (χ3n) is 5.80. The van der Waals surface area contributed by atoms with Crippen molar-refractivity contribution in [2.24, 2.45) is 5.92 Å². The molecule has 29 heavy (non-hydrogen) atoms. The first-order valence-corrected chi connectivity index (χ1v) is 9.82. The Morgan fingerprint density at radius 2 is 2.00 bits per heavy atom. The van der Waals surface area contributed by atoms with E-state index in [9.17, 15) is 14.7 Å². The van der Waals surface area contributed by atoms with Crippen LogP contribution < -0.4 is 0 Å². The molecule has 6 nitrogen and oxygen atoms in total. The monoisotopic (exact) mass is 392 g/mol. The molecule has 2 aliphatic heterocycles. The van der Waals surface area contributed by atoms with Gasteiger partial charge in [-0.2, -0.15) is 0 Å². The molecule has 1 saturated heterocycles. The van der Waals surface area contributed by atoms with Crippen LogP contribution in [0.2, 0.25) is 0 Å². The van der Waals surface area contributed by atoms with Gasteiger partial charge in [0.1, 0.15) is 5.66 Å². The third kappa shape index (κ3) is 3.05. The minimum atomic E-state index is -1.01. The zero-order chi connectivity index (χ0) is 20.4. The van der Waals surface area contributed by atoms with E-state index >= 15 is 0 Å². The zero-order valence-electron chi connectivity index (χ0n) is 16.3. The van der Waals surface area contributed by atoms with Crippen LogP contribution in [0.15, 0.2) is 78.6 Å². The van der Waals surface area contributed by atoms with Crippen molar-refractivity contribution in [2.45, 2.75) is 25.0 Å². The fourth-order valence-corrected chi connectivity index (χ4v) is 4.64. The van der Waals surface area contributed by atoms with Crippen LogP contribution in [0.4, 0.5) is 4.79 Å². The molecule has 3 atom stereocenters. The lowest BCUT2D eigenvalue weighted by atomic mass is 9.72. The second-order valence-electron chi connectivity index (χ2n) is 7.30. The van der Waals surface area contributed by atoms with Crippen molar-refractivity contribution in [1.82, 2.24) is 9.80 Å². The van der Waals surface area contributed by atoms with Crippen molar-refractivity contribution in [3.8, 4) is 0 Å². The van der Waals surface area contributed by atoms with Gasteiger partial charge in [0.2, 0.25) is 0 Å². The molecular formula is C23H24N2O4. The number of carbonyl (C=O) groups is 2. The van der Waals surface area contributed by atoms with Gasteiger partial charge in [-0.3, -0.25) is 9.69 Å². The van der Waals surface area contributed by atoms with Crippen LogP contribution in [-0.4, -0.2) is 46.2 Å². The predicted molar refractivity (Wildman–Crippen MR) is 109 cm³/mol. The Morgan fingerprint density at radius 3 is 2.72 bits per heavy atom. The standard InChI is InChI=1S/C23H24N2O4/c1-2-29-21(26)15-19-16-25(22(27)28)23(19,18-11-4-3-5-12-18)24-14-8-10-17-9-6-7-13-20(17)24/h3-14,19-20H,2,15-16H2,1H3,(H,27,28). The minimum absolute atomic E-state index is 0.114. The molecule has 0 aromatic heterocycles. The Morgan fingerprint density at radius 1 is 1.21 bits per heavy atom. The Balaban J connectivity index is 1.83. The summed E-state index contributed by atoms with van der Waals surface area (Å²) in [5.41, 5.74) is 0.935. The lowest BCUT2D eigenvalue weighted by Crippen LogP contribution is -2.74. The third-order valence-corrected chi connectivity index (χ3v) is 5.80. The maximum absolute atomic E-state index is 12.3. The summed E-state index contributed by atoms with van der Waals surface area (Å²) in [6.45, 7) is 2.36. The summed E-state index contributed by atoms with van der Waals surface area (Å²) in [7, 11) is 0. The second-order valence-corrected chi connectivity index (χ2v) is 7.30. The van der Waals surface area contributed by atoms with Gasteiger partial charge in [-0.05, 0) is 24.1 Å². The highest BCUT2D eigenvalue weighted by molar-refractivity contribution is 5.73. The van der Waals surface area contributed by atoms with Crippen LogP contribution in [0.3, 0.4) is 0 Å². The maximum Gasteiger partial charge on any atom is 0.409 e. The minimum Gasteiger partial charge on any atom is -0.466 e. The number of benzene rings is 1. The smallest absolute Gasteiger partial charge is 0.409 e. The molecule has 3 unspecified atom stereocenters. The first-order chi connectivity index (χ1) is 14.1. The molecule has 1 fully saturated rings. The summed E-state index contributed by atoms with van der Waals surface area (Å²) in [4.78, 5) is 28.1. The van der Waals surface area contributed by atoms with Crippen molar-refractivity contribution < 1.29 is 19.4 Å². The second kappa shape index (κ2) is 7.62. The summed E-state index contributed by atoms with van der Waals surface area (Å²) in [5.74, 6) is -0.540. The lowest BCUT2D eigenvalue weighted by Gasteiger charge is -2.63. The van der Waals surface area contributed by atoms with Crippen molar-refractivity contribution >= 4 is 12.1 Å². The Kier molecular flexibility index (Phi) is 5.01. The molecule has 150 valence electrons. The van der Waals surface area contributed by atoms with E-state index in [1.807, 2.05) is 66.9 Å². The zero-order valence-corrected chi connectivity index (χ0v) is 16.3. The summed E-state index contributed by atoms with van der Waals surface area (Å²) in [6.07, 6.45) is 13.1. The van der Waals surface area contributed by atoms with Gasteiger partial charge >= 0.3 is 12.1 Å². The first kappa shape index (κ1) is 19.1. The van der Waals surface area contributed by atoms with Gasteiger partial charge in [-0.15, -0.1) is 0 Å². The van der Waals surface area contributed by atoms with E-state index in [0.717, 1.165) is 11.1 Å². The van der Waals surface area contributed by atoms with Crippen molar-refractivity contribution in [1.29, 1.82) is 0 Å². The van der Waals surface area contributed by atoms with Crippen LogP contribution in [-0.2, 0) is 15.2 Å². The molecule has 3 aliphatic rings. The summed E-state index contributed by atoms with van der Waals surface area (Å²) < 4.78 is 5.19. The fourth-order valence-electron chi connectivity index (χ4n) is 4.64. The molecule has 0 bridgehead atoms. The van der Waals surface area contributed by atoms with Crippen molar-refractivity contribution in [3.63, 3.8) is 0 Å². The van der Waals surface area contributed by atoms with Crippen LogP contribution in [0.1, 0.15) is 18.9 Å². The maximum atomic E-state index is 12.3. The van der Waals surface area contributed by atoms with E-state index < -0.39 is 11.8 Å². The number of esters is 1. The largest absolute Gasteiger partial charge is 0.466 e. The van der Waals surface area contributed by atoms with E-state index in [0.29, 0.717) is 6.61 Å². The normalized spacial score (nSPS) is 27.1. The van der Waals surface area contributed by atoms with Crippen LogP contribution >= 0.6 is 0 Å². The summed E-state index contributed by atoms with van der Waals surface area (Å²) >= 11 is 0. The average Bonchev–Trinajstić information content (AvgIpc) is 2.72. The quantitative estimate of drug-likeness (QED) is 0.775. The highest BCUT2D eigenvalue weighted by atomic mass is 16.5. The fraction of sp³-hybridized carbons (Fsp3) is 0.304. The molecule has 4 rings (SSSR count). The van der Waals surface area contributed by atoms with Gasteiger partial charge in [0.15, 0.2) is 0 Å². The number of ether oxygens (including phenoxy) is 1. The average molecular weight is 392 g/mol.